The molecule has 2 aromatic carbocycles. The molecular weight excluding hydrogens is 331 g/mol. The van der Waals surface area contributed by atoms with Crippen LogP contribution in [-0.4, -0.2) is 8.42 Å². The van der Waals surface area contributed by atoms with E-state index in [1.54, 1.807) is 0 Å². The van der Waals surface area contributed by atoms with Crippen molar-refractivity contribution in [1.29, 1.82) is 0 Å². The second kappa shape index (κ2) is 5.55. The number of hydrogen-bond acceptors (Lipinski definition) is 2. The quantitative estimate of drug-likeness (QED) is 0.917. The van der Waals surface area contributed by atoms with Gasteiger partial charge >= 0.3 is 0 Å². The third-order valence-corrected chi connectivity index (χ3v) is 4.52. The van der Waals surface area contributed by atoms with Crippen LogP contribution in [0.4, 0.5) is 14.5 Å². The summed E-state index contributed by atoms with van der Waals surface area (Å²) in [6.45, 7) is 0. The van der Waals surface area contributed by atoms with Crippen molar-refractivity contribution in [2.24, 2.45) is 0 Å². The van der Waals surface area contributed by atoms with Crippen molar-refractivity contribution in [3.05, 3.63) is 58.1 Å². The predicted molar refractivity (Wildman–Crippen MR) is 73.6 cm³/mol. The number of benzene rings is 2. The zero-order valence-electron chi connectivity index (χ0n) is 9.70. The van der Waals surface area contributed by atoms with Crippen LogP contribution in [0, 0.1) is 11.6 Å². The molecule has 0 saturated heterocycles. The van der Waals surface area contributed by atoms with E-state index < -0.39 is 21.7 Å². The van der Waals surface area contributed by atoms with Gasteiger partial charge in [-0.1, -0.05) is 29.3 Å². The van der Waals surface area contributed by atoms with Gasteiger partial charge in [0.2, 0.25) is 0 Å². The van der Waals surface area contributed by atoms with Gasteiger partial charge in [-0.05, 0) is 30.3 Å². The van der Waals surface area contributed by atoms with Crippen molar-refractivity contribution >= 4 is 38.9 Å². The molecule has 3 nitrogen and oxygen atoms in total. The highest BCUT2D eigenvalue weighted by Crippen LogP contribution is 2.27. The Hall–Kier alpha value is -1.37. The van der Waals surface area contributed by atoms with E-state index in [0.29, 0.717) is 0 Å². The lowest BCUT2D eigenvalue weighted by Crippen LogP contribution is -2.14. The molecule has 0 saturated carbocycles. The van der Waals surface area contributed by atoms with Crippen LogP contribution in [0.1, 0.15) is 0 Å². The molecule has 2 rings (SSSR count). The molecule has 0 bridgehead atoms. The SMILES string of the molecule is O=S(=O)(Nc1cccc(Cl)c1F)c1ccc(F)cc1Cl. The van der Waals surface area contributed by atoms with Gasteiger partial charge in [-0.3, -0.25) is 4.72 Å². The van der Waals surface area contributed by atoms with E-state index in [4.69, 9.17) is 23.2 Å². The number of nitrogens with one attached hydrogen (secondary N) is 1. The lowest BCUT2D eigenvalue weighted by molar-refractivity contribution is 0.597. The summed E-state index contributed by atoms with van der Waals surface area (Å²) in [4.78, 5) is -0.361. The summed E-state index contributed by atoms with van der Waals surface area (Å²) in [5.41, 5.74) is -0.321. The summed E-state index contributed by atoms with van der Waals surface area (Å²) >= 11 is 11.2. The Kier molecular flexibility index (Phi) is 4.17. The molecule has 0 aliphatic heterocycles. The van der Waals surface area contributed by atoms with E-state index in [0.717, 1.165) is 18.2 Å². The van der Waals surface area contributed by atoms with Crippen LogP contribution in [0.25, 0.3) is 0 Å². The second-order valence-corrected chi connectivity index (χ2v) is 6.25. The molecule has 0 spiro atoms. The molecule has 1 N–H and O–H groups in total. The Bertz CT molecular complexity index is 766. The standard InChI is InChI=1S/C12H7Cl2F2NO2S/c13-8-2-1-3-10(12(8)16)17-20(18,19)11-5-4-7(15)6-9(11)14/h1-6,17H. The highest BCUT2D eigenvalue weighted by molar-refractivity contribution is 7.92. The minimum absolute atomic E-state index is 0.226. The first-order chi connectivity index (χ1) is 9.31. The molecule has 0 unspecified atom stereocenters. The Morgan fingerprint density at radius 3 is 2.35 bits per heavy atom. The summed E-state index contributed by atoms with van der Waals surface area (Å²) in [5, 5.41) is -0.532. The molecule has 0 fully saturated rings. The summed E-state index contributed by atoms with van der Waals surface area (Å²) < 4.78 is 52.7. The highest BCUT2D eigenvalue weighted by atomic mass is 35.5. The number of halogens is 4. The molecular formula is C12H7Cl2F2NO2S. The Morgan fingerprint density at radius 2 is 1.70 bits per heavy atom. The first kappa shape index (κ1) is 15.0. The average molecular weight is 338 g/mol. The van der Waals surface area contributed by atoms with Gasteiger partial charge in [0.1, 0.15) is 10.7 Å². The molecule has 0 heterocycles. The maximum atomic E-state index is 13.7. The van der Waals surface area contributed by atoms with Crippen LogP contribution in [0.15, 0.2) is 41.3 Å². The van der Waals surface area contributed by atoms with E-state index in [9.17, 15) is 17.2 Å². The Labute approximate surface area is 124 Å². The smallest absolute Gasteiger partial charge is 0.263 e. The van der Waals surface area contributed by atoms with Gasteiger partial charge in [0.05, 0.1) is 15.7 Å². The summed E-state index contributed by atoms with van der Waals surface area (Å²) in [6, 6.07) is 6.65. The fraction of sp³-hybridized carbons (Fsp3) is 0. The summed E-state index contributed by atoms with van der Waals surface area (Å²) in [7, 11) is -4.15. The molecule has 0 aliphatic carbocycles. The van der Waals surface area contributed by atoms with E-state index in [-0.39, 0.29) is 20.6 Å². The van der Waals surface area contributed by atoms with Crippen molar-refractivity contribution in [2.75, 3.05) is 4.72 Å². The summed E-state index contributed by atoms with van der Waals surface area (Å²) in [5.74, 6) is -1.58. The normalized spacial score (nSPS) is 11.4. The minimum atomic E-state index is -4.15. The largest absolute Gasteiger partial charge is 0.277 e. The van der Waals surface area contributed by atoms with Crippen molar-refractivity contribution in [3.8, 4) is 0 Å². The fourth-order valence-electron chi connectivity index (χ4n) is 1.48. The van der Waals surface area contributed by atoms with Gasteiger partial charge in [0.25, 0.3) is 10.0 Å². The Balaban J connectivity index is 2.44. The molecule has 0 aromatic heterocycles. The third kappa shape index (κ3) is 3.03. The molecule has 8 heteroatoms. The number of sulfonamides is 1. The van der Waals surface area contributed by atoms with E-state index in [2.05, 4.69) is 0 Å². The van der Waals surface area contributed by atoms with Crippen molar-refractivity contribution in [2.45, 2.75) is 4.90 Å². The van der Waals surface area contributed by atoms with Crippen LogP contribution in [-0.2, 0) is 10.0 Å². The Morgan fingerprint density at radius 1 is 1.00 bits per heavy atom. The molecule has 106 valence electrons. The van der Waals surface area contributed by atoms with Gasteiger partial charge in [0.15, 0.2) is 5.82 Å². The van der Waals surface area contributed by atoms with E-state index >= 15 is 0 Å². The molecule has 2 aromatic rings. The predicted octanol–water partition coefficient (Wildman–Crippen LogP) is 4.07. The van der Waals surface area contributed by atoms with Crippen molar-refractivity contribution in [1.82, 2.24) is 0 Å². The number of anilines is 1. The van der Waals surface area contributed by atoms with Crippen molar-refractivity contribution < 1.29 is 17.2 Å². The second-order valence-electron chi connectivity index (χ2n) is 3.78. The minimum Gasteiger partial charge on any atom is -0.277 e. The zero-order chi connectivity index (χ0) is 14.9. The van der Waals surface area contributed by atoms with E-state index in [1.807, 2.05) is 4.72 Å². The first-order valence-electron chi connectivity index (χ1n) is 5.23. The third-order valence-electron chi connectivity index (χ3n) is 2.38. The summed E-state index contributed by atoms with van der Waals surface area (Å²) in [6.07, 6.45) is 0. The number of hydrogen-bond donors (Lipinski definition) is 1. The van der Waals surface area contributed by atoms with Gasteiger partial charge in [-0.2, -0.15) is 0 Å². The first-order valence-corrected chi connectivity index (χ1v) is 7.47. The number of rotatable bonds is 3. The highest BCUT2D eigenvalue weighted by Gasteiger charge is 2.20. The lowest BCUT2D eigenvalue weighted by atomic mass is 10.3. The topological polar surface area (TPSA) is 46.2 Å². The zero-order valence-corrected chi connectivity index (χ0v) is 12.0. The van der Waals surface area contributed by atoms with Crippen LogP contribution < -0.4 is 4.72 Å². The molecule has 0 amide bonds. The molecule has 20 heavy (non-hydrogen) atoms. The van der Waals surface area contributed by atoms with Crippen LogP contribution in [0.5, 0.6) is 0 Å². The van der Waals surface area contributed by atoms with Crippen LogP contribution >= 0.6 is 23.2 Å². The maximum Gasteiger partial charge on any atom is 0.263 e. The molecule has 0 aliphatic rings. The molecule has 0 radical (unpaired) electrons. The fourth-order valence-corrected chi connectivity index (χ4v) is 3.24. The van der Waals surface area contributed by atoms with Crippen LogP contribution in [0.3, 0.4) is 0 Å². The van der Waals surface area contributed by atoms with Crippen LogP contribution in [0.2, 0.25) is 10.0 Å². The maximum absolute atomic E-state index is 13.7. The van der Waals surface area contributed by atoms with Gasteiger partial charge < -0.3 is 0 Å². The van der Waals surface area contributed by atoms with Crippen molar-refractivity contribution in [3.63, 3.8) is 0 Å². The van der Waals surface area contributed by atoms with Gasteiger partial charge in [-0.25, -0.2) is 17.2 Å². The lowest BCUT2D eigenvalue weighted by Gasteiger charge is -2.10. The van der Waals surface area contributed by atoms with E-state index in [1.165, 1.54) is 18.2 Å². The monoisotopic (exact) mass is 337 g/mol. The van der Waals surface area contributed by atoms with Gasteiger partial charge in [0, 0.05) is 0 Å². The molecule has 0 atom stereocenters. The average Bonchev–Trinajstić information content (AvgIpc) is 2.34. The van der Waals surface area contributed by atoms with Gasteiger partial charge in [-0.15, -0.1) is 0 Å².